The van der Waals surface area contributed by atoms with E-state index in [1.165, 1.54) is 0 Å². The molecule has 2 nitrogen and oxygen atoms in total. The van der Waals surface area contributed by atoms with E-state index in [-0.39, 0.29) is 0 Å². The van der Waals surface area contributed by atoms with Crippen LogP contribution >= 0.6 is 22.6 Å². The van der Waals surface area contributed by atoms with Gasteiger partial charge in [0, 0.05) is 6.20 Å². The summed E-state index contributed by atoms with van der Waals surface area (Å²) in [4.78, 5) is 4.17. The molecule has 2 aromatic heterocycles. The number of imidazole rings is 1. The third kappa shape index (κ3) is 0.811. The summed E-state index contributed by atoms with van der Waals surface area (Å²) in [6.45, 7) is 0. The Morgan fingerprint density at radius 2 is 2.30 bits per heavy atom. The van der Waals surface area contributed by atoms with Gasteiger partial charge in [-0.25, -0.2) is 4.98 Å². The van der Waals surface area contributed by atoms with Gasteiger partial charge in [0.1, 0.15) is 9.35 Å². The summed E-state index contributed by atoms with van der Waals surface area (Å²) in [6.07, 6.45) is 3.86. The van der Waals surface area contributed by atoms with Gasteiger partial charge in [0.05, 0.1) is 6.20 Å². The lowest BCUT2D eigenvalue weighted by atomic mass is 10.5. The van der Waals surface area contributed by atoms with E-state index in [2.05, 4.69) is 27.6 Å². The fraction of sp³-hybridized carbons (Fsp3) is 0. The van der Waals surface area contributed by atoms with Gasteiger partial charge in [-0.1, -0.05) is 6.07 Å². The van der Waals surface area contributed by atoms with E-state index in [0.717, 1.165) is 9.35 Å². The van der Waals surface area contributed by atoms with Crippen LogP contribution in [0, 0.1) is 3.70 Å². The SMILES string of the molecule is Ic1cnc2ccccn12. The Bertz CT molecular complexity index is 353. The number of pyridine rings is 1. The first-order valence-electron chi connectivity index (χ1n) is 2.95. The van der Waals surface area contributed by atoms with Crippen molar-refractivity contribution < 1.29 is 0 Å². The van der Waals surface area contributed by atoms with E-state index >= 15 is 0 Å². The first-order valence-corrected chi connectivity index (χ1v) is 4.03. The molecule has 0 fully saturated rings. The number of halogens is 1. The van der Waals surface area contributed by atoms with Crippen molar-refractivity contribution in [1.29, 1.82) is 0 Å². The smallest absolute Gasteiger partial charge is 0.137 e. The molecule has 2 rings (SSSR count). The third-order valence-corrected chi connectivity index (χ3v) is 2.17. The average Bonchev–Trinajstić information content (AvgIpc) is 2.34. The Kier molecular flexibility index (Phi) is 1.37. The first kappa shape index (κ1) is 6.15. The third-order valence-electron chi connectivity index (χ3n) is 1.37. The Morgan fingerprint density at radius 3 is 3.10 bits per heavy atom. The van der Waals surface area contributed by atoms with Crippen LogP contribution in [0.5, 0.6) is 0 Å². The zero-order valence-corrected chi connectivity index (χ0v) is 7.32. The topological polar surface area (TPSA) is 17.3 Å². The summed E-state index contributed by atoms with van der Waals surface area (Å²) in [5.41, 5.74) is 1.01. The summed E-state index contributed by atoms with van der Waals surface area (Å²) in [5, 5.41) is 0. The molecule has 0 aliphatic carbocycles. The summed E-state index contributed by atoms with van der Waals surface area (Å²) in [7, 11) is 0. The number of hydrogen-bond acceptors (Lipinski definition) is 1. The highest BCUT2D eigenvalue weighted by molar-refractivity contribution is 14.1. The lowest BCUT2D eigenvalue weighted by molar-refractivity contribution is 1.15. The zero-order valence-electron chi connectivity index (χ0n) is 5.16. The van der Waals surface area contributed by atoms with E-state index in [1.54, 1.807) is 0 Å². The molecule has 2 heterocycles. The van der Waals surface area contributed by atoms with Crippen molar-refractivity contribution in [3.05, 3.63) is 34.3 Å². The predicted octanol–water partition coefficient (Wildman–Crippen LogP) is 1.94. The van der Waals surface area contributed by atoms with Crippen LogP contribution in [-0.2, 0) is 0 Å². The normalized spacial score (nSPS) is 10.5. The highest BCUT2D eigenvalue weighted by Gasteiger charge is 1.94. The van der Waals surface area contributed by atoms with Crippen LogP contribution in [0.15, 0.2) is 30.6 Å². The van der Waals surface area contributed by atoms with Crippen LogP contribution in [0.1, 0.15) is 0 Å². The molecule has 0 saturated carbocycles. The fourth-order valence-electron chi connectivity index (χ4n) is 0.902. The first-order chi connectivity index (χ1) is 4.88. The van der Waals surface area contributed by atoms with Crippen molar-refractivity contribution in [2.45, 2.75) is 0 Å². The molecule has 10 heavy (non-hydrogen) atoms. The van der Waals surface area contributed by atoms with Gasteiger partial charge >= 0.3 is 0 Å². The molecule has 0 radical (unpaired) electrons. The minimum Gasteiger partial charge on any atom is -0.295 e. The molecular weight excluding hydrogens is 239 g/mol. The van der Waals surface area contributed by atoms with Crippen LogP contribution in [0.2, 0.25) is 0 Å². The van der Waals surface area contributed by atoms with E-state index in [0.29, 0.717) is 0 Å². The summed E-state index contributed by atoms with van der Waals surface area (Å²) in [5.74, 6) is 0. The minimum atomic E-state index is 1.01. The molecule has 0 aromatic carbocycles. The van der Waals surface area contributed by atoms with E-state index in [4.69, 9.17) is 0 Å². The highest BCUT2D eigenvalue weighted by Crippen LogP contribution is 2.07. The van der Waals surface area contributed by atoms with Gasteiger partial charge in [0.2, 0.25) is 0 Å². The Hall–Kier alpha value is -0.580. The molecule has 0 unspecified atom stereocenters. The van der Waals surface area contributed by atoms with Gasteiger partial charge in [-0.05, 0) is 34.7 Å². The largest absolute Gasteiger partial charge is 0.295 e. The van der Waals surface area contributed by atoms with Crippen molar-refractivity contribution >= 4 is 28.2 Å². The molecule has 0 saturated heterocycles. The van der Waals surface area contributed by atoms with Gasteiger partial charge in [-0.3, -0.25) is 4.40 Å². The van der Waals surface area contributed by atoms with Crippen LogP contribution in [0.3, 0.4) is 0 Å². The van der Waals surface area contributed by atoms with Crippen molar-refractivity contribution in [3.8, 4) is 0 Å². The summed E-state index contributed by atoms with van der Waals surface area (Å²) >= 11 is 2.25. The van der Waals surface area contributed by atoms with Crippen molar-refractivity contribution in [2.24, 2.45) is 0 Å². The molecule has 0 amide bonds. The molecule has 0 N–H and O–H groups in total. The second-order valence-corrected chi connectivity index (χ2v) is 3.12. The molecule has 0 aliphatic rings. The molecule has 3 heteroatoms. The maximum atomic E-state index is 4.17. The summed E-state index contributed by atoms with van der Waals surface area (Å²) < 4.78 is 3.19. The lowest BCUT2D eigenvalue weighted by Crippen LogP contribution is -1.82. The second-order valence-electron chi connectivity index (χ2n) is 2.01. The standard InChI is InChI=1S/C7H5IN2/c8-6-5-9-7-3-1-2-4-10(6)7/h1-5H. The van der Waals surface area contributed by atoms with Crippen molar-refractivity contribution in [3.63, 3.8) is 0 Å². The van der Waals surface area contributed by atoms with Crippen LogP contribution in [0.4, 0.5) is 0 Å². The maximum absolute atomic E-state index is 4.17. The average molecular weight is 244 g/mol. The predicted molar refractivity (Wildman–Crippen MR) is 47.9 cm³/mol. The lowest BCUT2D eigenvalue weighted by Gasteiger charge is -1.90. The molecule has 0 aliphatic heterocycles. The number of fused-ring (bicyclic) bond motifs is 1. The van der Waals surface area contributed by atoms with Crippen LogP contribution in [-0.4, -0.2) is 9.38 Å². The number of rotatable bonds is 0. The quantitative estimate of drug-likeness (QED) is 0.647. The Morgan fingerprint density at radius 1 is 1.40 bits per heavy atom. The van der Waals surface area contributed by atoms with Gasteiger partial charge < -0.3 is 0 Å². The van der Waals surface area contributed by atoms with Gasteiger partial charge in [0.25, 0.3) is 0 Å². The highest BCUT2D eigenvalue weighted by atomic mass is 127. The van der Waals surface area contributed by atoms with Crippen molar-refractivity contribution in [2.75, 3.05) is 0 Å². The van der Waals surface area contributed by atoms with Gasteiger partial charge in [-0.2, -0.15) is 0 Å². The molecule has 0 spiro atoms. The maximum Gasteiger partial charge on any atom is 0.137 e. The van der Waals surface area contributed by atoms with Crippen LogP contribution < -0.4 is 0 Å². The number of aromatic nitrogens is 2. The second kappa shape index (κ2) is 2.23. The molecule has 2 aromatic rings. The molecular formula is C7H5IN2. The van der Waals surface area contributed by atoms with Crippen LogP contribution in [0.25, 0.3) is 5.65 Å². The minimum absolute atomic E-state index is 1.01. The fourth-order valence-corrected chi connectivity index (χ4v) is 1.45. The molecule has 0 atom stereocenters. The number of nitrogens with zero attached hydrogens (tertiary/aromatic N) is 2. The van der Waals surface area contributed by atoms with E-state index in [9.17, 15) is 0 Å². The molecule has 50 valence electrons. The number of hydrogen-bond donors (Lipinski definition) is 0. The van der Waals surface area contributed by atoms with Gasteiger partial charge in [-0.15, -0.1) is 0 Å². The Labute approximate surface area is 72.0 Å². The zero-order chi connectivity index (χ0) is 6.97. The van der Waals surface area contributed by atoms with Crippen molar-refractivity contribution in [1.82, 2.24) is 9.38 Å². The monoisotopic (exact) mass is 244 g/mol. The molecule has 0 bridgehead atoms. The van der Waals surface area contributed by atoms with E-state index in [1.807, 2.05) is 35.0 Å². The van der Waals surface area contributed by atoms with Gasteiger partial charge in [0.15, 0.2) is 0 Å². The van der Waals surface area contributed by atoms with E-state index < -0.39 is 0 Å². The Balaban J connectivity index is 2.93. The summed E-state index contributed by atoms with van der Waals surface area (Å²) in [6, 6.07) is 5.97.